The van der Waals surface area contributed by atoms with Crippen molar-refractivity contribution < 1.29 is 4.74 Å². The summed E-state index contributed by atoms with van der Waals surface area (Å²) in [5.74, 6) is 1.70. The largest absolute Gasteiger partial charge is 0.380 e. The number of nitrogens with one attached hydrogen (secondary N) is 1. The molecule has 26 heavy (non-hydrogen) atoms. The van der Waals surface area contributed by atoms with Crippen LogP contribution < -0.4 is 5.32 Å². The average Bonchev–Trinajstić information content (AvgIpc) is 3.13. The summed E-state index contributed by atoms with van der Waals surface area (Å²) in [6.07, 6.45) is 2.37. The molecule has 0 saturated carbocycles. The number of rotatable bonds is 6. The van der Waals surface area contributed by atoms with Crippen LogP contribution in [0.25, 0.3) is 0 Å². The Hall–Kier alpha value is -2.33. The van der Waals surface area contributed by atoms with Crippen molar-refractivity contribution in [3.63, 3.8) is 0 Å². The molecule has 0 spiro atoms. The Bertz CT molecular complexity index is 697. The van der Waals surface area contributed by atoms with Crippen LogP contribution >= 0.6 is 0 Å². The van der Waals surface area contributed by atoms with Gasteiger partial charge in [0, 0.05) is 33.8 Å². The molecule has 1 aliphatic rings. The van der Waals surface area contributed by atoms with Crippen molar-refractivity contribution in [2.45, 2.75) is 26.0 Å². The van der Waals surface area contributed by atoms with Crippen molar-refractivity contribution in [1.82, 2.24) is 10.2 Å². The van der Waals surface area contributed by atoms with E-state index in [9.17, 15) is 0 Å². The minimum atomic E-state index is 0.659. The summed E-state index contributed by atoms with van der Waals surface area (Å²) in [5, 5.41) is 3.51. The smallest absolute Gasteiger partial charge is 0.193 e. The van der Waals surface area contributed by atoms with Crippen molar-refractivity contribution in [3.8, 4) is 0 Å². The Morgan fingerprint density at radius 2 is 1.81 bits per heavy atom. The third kappa shape index (κ3) is 5.09. The van der Waals surface area contributed by atoms with Gasteiger partial charge in [-0.05, 0) is 35.4 Å². The molecule has 0 aromatic heterocycles. The summed E-state index contributed by atoms with van der Waals surface area (Å²) < 4.78 is 5.16. The molecule has 1 atom stereocenters. The Balaban J connectivity index is 1.50. The van der Waals surface area contributed by atoms with E-state index in [1.807, 2.05) is 7.05 Å². The highest BCUT2D eigenvalue weighted by Crippen LogP contribution is 2.21. The molecule has 4 heteroatoms. The van der Waals surface area contributed by atoms with Crippen molar-refractivity contribution in [2.75, 3.05) is 27.2 Å². The molecular weight excluding hydrogens is 322 g/mol. The van der Waals surface area contributed by atoms with Crippen LogP contribution in [-0.4, -0.2) is 38.1 Å². The Kier molecular flexibility index (Phi) is 6.67. The van der Waals surface area contributed by atoms with E-state index >= 15 is 0 Å². The standard InChI is InChI=1S/C22H29N3O/c1-23-22(24-15-19-8-10-20(11-9-19)17-26-2)25-13-12-21(16-25)14-18-6-4-3-5-7-18/h3-11,21H,12-17H2,1-2H3,(H,23,24). The summed E-state index contributed by atoms with van der Waals surface area (Å²) in [7, 11) is 3.59. The number of hydrogen-bond donors (Lipinski definition) is 1. The van der Waals surface area contributed by atoms with Crippen LogP contribution in [0.1, 0.15) is 23.1 Å². The Morgan fingerprint density at radius 3 is 2.50 bits per heavy atom. The summed E-state index contributed by atoms with van der Waals surface area (Å²) in [6, 6.07) is 19.3. The fraction of sp³-hybridized carbons (Fsp3) is 0.409. The van der Waals surface area contributed by atoms with Crippen LogP contribution in [0.15, 0.2) is 59.6 Å². The topological polar surface area (TPSA) is 36.9 Å². The van der Waals surface area contributed by atoms with Gasteiger partial charge in [0.2, 0.25) is 0 Å². The highest BCUT2D eigenvalue weighted by atomic mass is 16.5. The van der Waals surface area contributed by atoms with E-state index in [1.54, 1.807) is 7.11 Å². The Morgan fingerprint density at radius 1 is 1.08 bits per heavy atom. The molecular formula is C22H29N3O. The van der Waals surface area contributed by atoms with Crippen molar-refractivity contribution >= 4 is 5.96 Å². The van der Waals surface area contributed by atoms with Crippen LogP contribution in [0.3, 0.4) is 0 Å². The molecule has 1 aliphatic heterocycles. The lowest BCUT2D eigenvalue weighted by Gasteiger charge is -2.22. The fourth-order valence-corrected chi connectivity index (χ4v) is 3.57. The number of ether oxygens (including phenoxy) is 1. The first-order chi connectivity index (χ1) is 12.8. The molecule has 4 nitrogen and oxygen atoms in total. The molecule has 0 radical (unpaired) electrons. The monoisotopic (exact) mass is 351 g/mol. The van der Waals surface area contributed by atoms with Gasteiger partial charge in [0.05, 0.1) is 6.61 Å². The molecule has 138 valence electrons. The Labute approximate surface area is 156 Å². The summed E-state index contributed by atoms with van der Waals surface area (Å²) >= 11 is 0. The number of methoxy groups -OCH3 is 1. The van der Waals surface area contributed by atoms with Crippen LogP contribution in [0, 0.1) is 5.92 Å². The molecule has 1 heterocycles. The number of aliphatic imine (C=N–C) groups is 1. The van der Waals surface area contributed by atoms with Gasteiger partial charge in [0.25, 0.3) is 0 Å². The number of benzene rings is 2. The van der Waals surface area contributed by atoms with Gasteiger partial charge in [-0.25, -0.2) is 0 Å². The molecule has 2 aromatic rings. The predicted molar refractivity (Wildman–Crippen MR) is 107 cm³/mol. The molecule has 1 saturated heterocycles. The first kappa shape index (κ1) is 18.5. The number of nitrogens with zero attached hydrogens (tertiary/aromatic N) is 2. The van der Waals surface area contributed by atoms with Gasteiger partial charge in [0.15, 0.2) is 5.96 Å². The van der Waals surface area contributed by atoms with E-state index in [2.05, 4.69) is 69.8 Å². The lowest BCUT2D eigenvalue weighted by Crippen LogP contribution is -2.39. The lowest BCUT2D eigenvalue weighted by atomic mass is 9.99. The maximum atomic E-state index is 5.16. The number of guanidine groups is 1. The molecule has 2 aromatic carbocycles. The van der Waals surface area contributed by atoms with Gasteiger partial charge in [-0.15, -0.1) is 0 Å². The zero-order chi connectivity index (χ0) is 18.2. The van der Waals surface area contributed by atoms with Gasteiger partial charge in [-0.3, -0.25) is 4.99 Å². The minimum absolute atomic E-state index is 0.659. The zero-order valence-corrected chi connectivity index (χ0v) is 15.8. The summed E-state index contributed by atoms with van der Waals surface area (Å²) in [4.78, 5) is 6.87. The average molecular weight is 351 g/mol. The first-order valence-corrected chi connectivity index (χ1v) is 9.34. The highest BCUT2D eigenvalue weighted by Gasteiger charge is 2.24. The van der Waals surface area contributed by atoms with Gasteiger partial charge >= 0.3 is 0 Å². The van der Waals surface area contributed by atoms with Crippen molar-refractivity contribution in [1.29, 1.82) is 0 Å². The van der Waals surface area contributed by atoms with E-state index in [-0.39, 0.29) is 0 Å². The van der Waals surface area contributed by atoms with E-state index in [4.69, 9.17) is 4.74 Å². The van der Waals surface area contributed by atoms with Gasteiger partial charge < -0.3 is 15.0 Å². The van der Waals surface area contributed by atoms with E-state index in [0.717, 1.165) is 32.0 Å². The van der Waals surface area contributed by atoms with Crippen LogP contribution in [0.5, 0.6) is 0 Å². The first-order valence-electron chi connectivity index (χ1n) is 9.34. The van der Waals surface area contributed by atoms with Gasteiger partial charge in [-0.2, -0.15) is 0 Å². The number of hydrogen-bond acceptors (Lipinski definition) is 2. The minimum Gasteiger partial charge on any atom is -0.380 e. The molecule has 0 bridgehead atoms. The second-order valence-electron chi connectivity index (χ2n) is 6.94. The summed E-state index contributed by atoms with van der Waals surface area (Å²) in [6.45, 7) is 3.59. The van der Waals surface area contributed by atoms with Crippen molar-refractivity contribution in [3.05, 3.63) is 71.3 Å². The maximum absolute atomic E-state index is 5.16. The third-order valence-corrected chi connectivity index (χ3v) is 4.95. The van der Waals surface area contributed by atoms with E-state index in [1.165, 1.54) is 23.1 Å². The molecule has 3 rings (SSSR count). The van der Waals surface area contributed by atoms with Crippen molar-refractivity contribution in [2.24, 2.45) is 10.9 Å². The molecule has 0 aliphatic carbocycles. The van der Waals surface area contributed by atoms with Gasteiger partial charge in [0.1, 0.15) is 0 Å². The summed E-state index contributed by atoms with van der Waals surface area (Å²) in [5.41, 5.74) is 3.88. The quantitative estimate of drug-likeness (QED) is 0.639. The second kappa shape index (κ2) is 9.39. The molecule has 1 fully saturated rings. The zero-order valence-electron chi connectivity index (χ0n) is 15.8. The molecule has 1 N–H and O–H groups in total. The molecule has 0 amide bonds. The van der Waals surface area contributed by atoms with E-state index in [0.29, 0.717) is 12.5 Å². The fourth-order valence-electron chi connectivity index (χ4n) is 3.57. The van der Waals surface area contributed by atoms with Gasteiger partial charge in [-0.1, -0.05) is 54.6 Å². The van der Waals surface area contributed by atoms with Crippen LogP contribution in [0.4, 0.5) is 0 Å². The normalized spacial score (nSPS) is 17.5. The van der Waals surface area contributed by atoms with E-state index < -0.39 is 0 Å². The highest BCUT2D eigenvalue weighted by molar-refractivity contribution is 5.80. The van der Waals surface area contributed by atoms with Crippen LogP contribution in [-0.2, 0) is 24.3 Å². The third-order valence-electron chi connectivity index (χ3n) is 4.95. The number of likely N-dealkylation sites (tertiary alicyclic amines) is 1. The SMILES string of the molecule is CN=C(NCc1ccc(COC)cc1)N1CCC(Cc2ccccc2)C1. The second-order valence-corrected chi connectivity index (χ2v) is 6.94. The lowest BCUT2D eigenvalue weighted by molar-refractivity contribution is 0.185. The maximum Gasteiger partial charge on any atom is 0.193 e. The molecule has 1 unspecified atom stereocenters. The van der Waals surface area contributed by atoms with Crippen LogP contribution in [0.2, 0.25) is 0 Å². The predicted octanol–water partition coefficient (Wildman–Crippen LogP) is 3.47.